The lowest BCUT2D eigenvalue weighted by Gasteiger charge is -2.34. The summed E-state index contributed by atoms with van der Waals surface area (Å²) in [5.74, 6) is 1.27. The van der Waals surface area contributed by atoms with Gasteiger partial charge in [-0.05, 0) is 18.8 Å². The number of hydrogen-bond donors (Lipinski definition) is 2. The summed E-state index contributed by atoms with van der Waals surface area (Å²) in [6, 6.07) is 10.2. The molecule has 1 fully saturated rings. The summed E-state index contributed by atoms with van der Waals surface area (Å²) in [4.78, 5) is 8.98. The molecule has 0 bridgehead atoms. The number of imidazole rings is 1. The van der Waals surface area contributed by atoms with Gasteiger partial charge in [0.1, 0.15) is 16.8 Å². The Hall–Kier alpha value is -1.59. The van der Waals surface area contributed by atoms with E-state index in [1.807, 2.05) is 24.5 Å². The van der Waals surface area contributed by atoms with E-state index in [1.54, 1.807) is 6.20 Å². The van der Waals surface area contributed by atoms with E-state index >= 15 is 0 Å². The number of fused-ring (bicyclic) bond motifs is 1. The summed E-state index contributed by atoms with van der Waals surface area (Å²) in [6.07, 6.45) is 9.65. The highest BCUT2D eigenvalue weighted by Gasteiger charge is 2.35. The van der Waals surface area contributed by atoms with Gasteiger partial charge in [0.05, 0.1) is 6.20 Å². The normalized spacial score (nSPS) is 24.8. The van der Waals surface area contributed by atoms with Gasteiger partial charge in [-0.1, -0.05) is 60.7 Å². The first kappa shape index (κ1) is 14.0. The molecule has 2 heterocycles. The first-order valence-electron chi connectivity index (χ1n) is 7.98. The van der Waals surface area contributed by atoms with Crippen LogP contribution in [0, 0.1) is 5.92 Å². The van der Waals surface area contributed by atoms with Gasteiger partial charge >= 0.3 is 0 Å². The maximum Gasteiger partial charge on any atom is 0.162 e. The number of benzene rings is 1. The van der Waals surface area contributed by atoms with Crippen LogP contribution in [0.2, 0.25) is 0 Å². The molecule has 1 aromatic heterocycles. The third kappa shape index (κ3) is 2.38. The maximum atomic E-state index is 11.1. The topological polar surface area (TPSA) is 50.4 Å². The molecule has 1 saturated carbocycles. The fourth-order valence-electron chi connectivity index (χ4n) is 3.46. The summed E-state index contributed by atoms with van der Waals surface area (Å²) >= 11 is -0.888. The second-order valence-electron chi connectivity index (χ2n) is 6.05. The SMILES string of the molecule is O[C@H](C1CCCCC1)[SH]1C(c2ccccc2)=Nc2cncn21. The summed E-state index contributed by atoms with van der Waals surface area (Å²) in [5, 5.41) is 12.1. The molecule has 4 rings (SSSR count). The van der Waals surface area contributed by atoms with Crippen LogP contribution in [0.5, 0.6) is 0 Å². The third-order valence-electron chi connectivity index (χ3n) is 4.62. The van der Waals surface area contributed by atoms with E-state index in [1.165, 1.54) is 19.3 Å². The number of aromatic nitrogens is 2. The molecule has 0 amide bonds. The molecular formula is C17H21N3OS. The summed E-state index contributed by atoms with van der Waals surface area (Å²) in [5.41, 5.74) is 0.789. The van der Waals surface area contributed by atoms with Crippen molar-refractivity contribution in [3.8, 4) is 0 Å². The Kier molecular flexibility index (Phi) is 3.76. The molecule has 5 heteroatoms. The van der Waals surface area contributed by atoms with Crippen molar-refractivity contribution >= 4 is 21.9 Å². The molecule has 1 aromatic carbocycles. The molecule has 1 N–H and O–H groups in total. The van der Waals surface area contributed by atoms with E-state index in [9.17, 15) is 5.11 Å². The van der Waals surface area contributed by atoms with Gasteiger partial charge in [-0.25, -0.2) is 9.98 Å². The van der Waals surface area contributed by atoms with E-state index < -0.39 is 11.1 Å². The van der Waals surface area contributed by atoms with E-state index in [-0.39, 0.29) is 5.44 Å². The lowest BCUT2D eigenvalue weighted by Crippen LogP contribution is -2.27. The van der Waals surface area contributed by atoms with Gasteiger partial charge in [-0.2, -0.15) is 0 Å². The van der Waals surface area contributed by atoms with Gasteiger partial charge in [-0.15, -0.1) is 0 Å². The highest BCUT2D eigenvalue weighted by atomic mass is 32.2. The molecular weight excluding hydrogens is 294 g/mol. The van der Waals surface area contributed by atoms with Crippen LogP contribution >= 0.6 is 11.1 Å². The van der Waals surface area contributed by atoms with E-state index in [2.05, 4.69) is 21.1 Å². The minimum atomic E-state index is -0.888. The van der Waals surface area contributed by atoms with E-state index in [0.29, 0.717) is 5.92 Å². The van der Waals surface area contributed by atoms with Gasteiger partial charge in [0.15, 0.2) is 5.82 Å². The standard InChI is InChI=1S/C17H21N3OS/c21-17(14-9-5-2-6-10-14)22-16(13-7-3-1-4-8-13)19-15-11-18-12-20(15)22/h1,3-4,7-8,11-12,14,17,21-22H,2,5-6,9-10H2/t17-/m0/s1. The van der Waals surface area contributed by atoms with Crippen molar-refractivity contribution in [3.63, 3.8) is 0 Å². The Bertz CT molecular complexity index is 676. The van der Waals surface area contributed by atoms with Crippen molar-refractivity contribution in [2.24, 2.45) is 10.9 Å². The molecule has 1 unspecified atom stereocenters. The van der Waals surface area contributed by atoms with Crippen molar-refractivity contribution < 1.29 is 5.11 Å². The van der Waals surface area contributed by atoms with Gasteiger partial charge in [0.2, 0.25) is 0 Å². The zero-order valence-corrected chi connectivity index (χ0v) is 13.4. The van der Waals surface area contributed by atoms with E-state index in [4.69, 9.17) is 4.99 Å². The fraction of sp³-hybridized carbons (Fsp3) is 0.412. The second-order valence-corrected chi connectivity index (χ2v) is 8.13. The number of rotatable bonds is 3. The van der Waals surface area contributed by atoms with Crippen LogP contribution in [-0.2, 0) is 0 Å². The van der Waals surface area contributed by atoms with Crippen LogP contribution in [0.15, 0.2) is 47.8 Å². The summed E-state index contributed by atoms with van der Waals surface area (Å²) < 4.78 is 2.09. The molecule has 22 heavy (non-hydrogen) atoms. The molecule has 116 valence electrons. The summed E-state index contributed by atoms with van der Waals surface area (Å²) in [6.45, 7) is 0. The zero-order chi connectivity index (χ0) is 14.9. The molecule has 1 aliphatic heterocycles. The number of aliphatic hydroxyl groups is 1. The Morgan fingerprint density at radius 2 is 1.91 bits per heavy atom. The van der Waals surface area contributed by atoms with Crippen LogP contribution in [0.4, 0.5) is 5.82 Å². The predicted octanol–water partition coefficient (Wildman–Crippen LogP) is 3.64. The van der Waals surface area contributed by atoms with Gasteiger partial charge < -0.3 is 5.11 Å². The quantitative estimate of drug-likeness (QED) is 0.850. The minimum Gasteiger partial charge on any atom is -0.382 e. The predicted molar refractivity (Wildman–Crippen MR) is 91.8 cm³/mol. The van der Waals surface area contributed by atoms with Crippen LogP contribution < -0.4 is 0 Å². The average Bonchev–Trinajstić information content (AvgIpc) is 3.16. The Morgan fingerprint density at radius 1 is 1.14 bits per heavy atom. The van der Waals surface area contributed by atoms with Gasteiger partial charge in [0.25, 0.3) is 0 Å². The third-order valence-corrected chi connectivity index (χ3v) is 7.11. The first-order valence-corrected chi connectivity index (χ1v) is 9.35. The van der Waals surface area contributed by atoms with Crippen LogP contribution in [0.3, 0.4) is 0 Å². The molecule has 0 spiro atoms. The van der Waals surface area contributed by atoms with Gasteiger partial charge in [0, 0.05) is 5.56 Å². The van der Waals surface area contributed by atoms with Crippen LogP contribution in [-0.4, -0.2) is 24.5 Å². The van der Waals surface area contributed by atoms with Crippen LogP contribution in [0.1, 0.15) is 37.7 Å². The highest BCUT2D eigenvalue weighted by Crippen LogP contribution is 2.50. The Balaban J connectivity index is 1.70. The van der Waals surface area contributed by atoms with Crippen molar-refractivity contribution in [1.29, 1.82) is 0 Å². The molecule has 0 radical (unpaired) electrons. The first-order chi connectivity index (χ1) is 10.8. The van der Waals surface area contributed by atoms with Gasteiger partial charge in [-0.3, -0.25) is 3.97 Å². The highest BCUT2D eigenvalue weighted by molar-refractivity contribution is 8.29. The molecule has 2 aromatic rings. The molecule has 2 aliphatic rings. The smallest absolute Gasteiger partial charge is 0.162 e. The lowest BCUT2D eigenvalue weighted by molar-refractivity contribution is 0.158. The molecule has 1 aliphatic carbocycles. The zero-order valence-electron chi connectivity index (χ0n) is 12.5. The monoisotopic (exact) mass is 315 g/mol. The number of hydrogen-bond acceptors (Lipinski definition) is 3. The average molecular weight is 315 g/mol. The Labute approximate surface area is 133 Å². The van der Waals surface area contributed by atoms with Crippen molar-refractivity contribution in [2.75, 3.05) is 0 Å². The number of thiol groups is 1. The molecule has 4 nitrogen and oxygen atoms in total. The van der Waals surface area contributed by atoms with Crippen molar-refractivity contribution in [2.45, 2.75) is 37.5 Å². The number of aliphatic imine (C=N–C) groups is 1. The maximum absolute atomic E-state index is 11.1. The fourth-order valence-corrected chi connectivity index (χ4v) is 5.97. The molecule has 0 saturated heterocycles. The van der Waals surface area contributed by atoms with Crippen LogP contribution in [0.25, 0.3) is 0 Å². The lowest BCUT2D eigenvalue weighted by atomic mass is 9.90. The second kappa shape index (κ2) is 5.89. The van der Waals surface area contributed by atoms with Crippen molar-refractivity contribution in [1.82, 2.24) is 8.96 Å². The van der Waals surface area contributed by atoms with Crippen molar-refractivity contribution in [3.05, 3.63) is 48.4 Å². The molecule has 2 atom stereocenters. The summed E-state index contributed by atoms with van der Waals surface area (Å²) in [7, 11) is 0. The number of aliphatic hydroxyl groups excluding tert-OH is 1. The Morgan fingerprint density at radius 3 is 2.68 bits per heavy atom. The number of nitrogens with zero attached hydrogens (tertiary/aromatic N) is 3. The minimum absolute atomic E-state index is 0.329. The van der Waals surface area contributed by atoms with E-state index in [0.717, 1.165) is 29.3 Å². The largest absolute Gasteiger partial charge is 0.382 e.